The molecule has 1 aliphatic carbocycles. The van der Waals surface area contributed by atoms with Gasteiger partial charge in [-0.15, -0.1) is 0 Å². The normalized spacial score (nSPS) is 15.3. The van der Waals surface area contributed by atoms with E-state index >= 15 is 0 Å². The predicted molar refractivity (Wildman–Crippen MR) is 101 cm³/mol. The van der Waals surface area contributed by atoms with Crippen molar-refractivity contribution < 1.29 is 18.6 Å². The van der Waals surface area contributed by atoms with Gasteiger partial charge in [0.15, 0.2) is 5.76 Å². The quantitative estimate of drug-likeness (QED) is 0.580. The summed E-state index contributed by atoms with van der Waals surface area (Å²) in [6, 6.07) is 13.1. The summed E-state index contributed by atoms with van der Waals surface area (Å²) in [5, 5.41) is 9.42. The molecule has 2 aromatic carbocycles. The topological polar surface area (TPSA) is 29.5 Å². The van der Waals surface area contributed by atoms with E-state index in [1.165, 1.54) is 19.3 Å². The van der Waals surface area contributed by atoms with Gasteiger partial charge < -0.3 is 9.84 Å². The van der Waals surface area contributed by atoms with Crippen molar-refractivity contribution in [2.45, 2.75) is 45.0 Å². The summed E-state index contributed by atoms with van der Waals surface area (Å²) in [5.74, 6) is -3.23. The zero-order valence-electron chi connectivity index (χ0n) is 15.0. The van der Waals surface area contributed by atoms with Crippen LogP contribution in [0.3, 0.4) is 0 Å². The third kappa shape index (κ3) is 4.24. The molecule has 2 aromatic rings. The minimum atomic E-state index is -3.19. The van der Waals surface area contributed by atoms with Crippen molar-refractivity contribution in [3.05, 3.63) is 59.4 Å². The monoisotopic (exact) mass is 358 g/mol. The molecule has 0 radical (unpaired) electrons. The summed E-state index contributed by atoms with van der Waals surface area (Å²) in [4.78, 5) is 0. The first-order valence-corrected chi connectivity index (χ1v) is 9.15. The third-order valence-electron chi connectivity index (χ3n) is 4.68. The van der Waals surface area contributed by atoms with Gasteiger partial charge in [0.2, 0.25) is 0 Å². The number of hydrogen-bond acceptors (Lipinski definition) is 2. The van der Waals surface area contributed by atoms with Crippen LogP contribution in [0.2, 0.25) is 0 Å². The number of hydrogen-bond donors (Lipinski definition) is 1. The fourth-order valence-electron chi connectivity index (χ4n) is 3.12. The van der Waals surface area contributed by atoms with E-state index < -0.39 is 18.1 Å². The second-order valence-corrected chi connectivity index (χ2v) is 6.76. The summed E-state index contributed by atoms with van der Waals surface area (Å²) in [6.07, 6.45) is 5.34. The molecule has 0 spiro atoms. The van der Waals surface area contributed by atoms with Crippen LogP contribution >= 0.6 is 0 Å². The Morgan fingerprint density at radius 3 is 2.46 bits per heavy atom. The Hall–Kier alpha value is -2.36. The standard InChI is InChI=1S/C22H24F2O2/c1-2-3-4-5-12-26-20-10-8-16(9-11-20)17-6-7-18-14-21(25)22(23,24)15-19(18)13-17/h6-11,13-14,25H,2-5,12,15H2,1H3. The van der Waals surface area contributed by atoms with E-state index in [-0.39, 0.29) is 0 Å². The van der Waals surface area contributed by atoms with Gasteiger partial charge in [-0.2, -0.15) is 8.78 Å². The highest BCUT2D eigenvalue weighted by atomic mass is 19.3. The molecule has 0 amide bonds. The van der Waals surface area contributed by atoms with Crippen molar-refractivity contribution in [2.24, 2.45) is 0 Å². The van der Waals surface area contributed by atoms with Crippen LogP contribution in [0.1, 0.15) is 43.7 Å². The Kier molecular flexibility index (Phi) is 5.60. The molecule has 0 bridgehead atoms. The molecule has 138 valence electrons. The van der Waals surface area contributed by atoms with Gasteiger partial charge in [0.05, 0.1) is 6.61 Å². The molecule has 0 unspecified atom stereocenters. The summed E-state index contributed by atoms with van der Waals surface area (Å²) in [7, 11) is 0. The first-order chi connectivity index (χ1) is 12.5. The minimum Gasteiger partial charge on any atom is -0.506 e. The van der Waals surface area contributed by atoms with Crippen molar-refractivity contribution >= 4 is 6.08 Å². The lowest BCUT2D eigenvalue weighted by Crippen LogP contribution is -2.25. The van der Waals surface area contributed by atoms with E-state index in [1.54, 1.807) is 12.1 Å². The highest BCUT2D eigenvalue weighted by molar-refractivity contribution is 5.70. The maximum Gasteiger partial charge on any atom is 0.307 e. The van der Waals surface area contributed by atoms with Gasteiger partial charge in [-0.3, -0.25) is 0 Å². The Balaban J connectivity index is 1.69. The van der Waals surface area contributed by atoms with E-state index in [1.807, 2.05) is 30.3 Å². The summed E-state index contributed by atoms with van der Waals surface area (Å²) in [6.45, 7) is 2.89. The molecule has 1 N–H and O–H groups in total. The number of benzene rings is 2. The van der Waals surface area contributed by atoms with Crippen LogP contribution in [-0.4, -0.2) is 17.6 Å². The van der Waals surface area contributed by atoms with Gasteiger partial charge in [-0.25, -0.2) is 0 Å². The Morgan fingerprint density at radius 1 is 1.00 bits per heavy atom. The van der Waals surface area contributed by atoms with Crippen LogP contribution in [-0.2, 0) is 6.42 Å². The molecule has 0 fully saturated rings. The number of fused-ring (bicyclic) bond motifs is 1. The lowest BCUT2D eigenvalue weighted by Gasteiger charge is -2.22. The number of rotatable bonds is 7. The maximum absolute atomic E-state index is 13.7. The van der Waals surface area contributed by atoms with E-state index in [0.29, 0.717) is 17.7 Å². The molecule has 2 nitrogen and oxygen atoms in total. The Bertz CT molecular complexity index is 779. The SMILES string of the molecule is CCCCCCOc1ccc(-c2ccc3c(c2)CC(F)(F)C(O)=C3)cc1. The molecule has 0 saturated heterocycles. The van der Waals surface area contributed by atoms with Gasteiger partial charge in [0.25, 0.3) is 0 Å². The number of allylic oxidation sites excluding steroid dienone is 1. The Labute approximate surface area is 153 Å². The fraction of sp³-hybridized carbons (Fsp3) is 0.364. The molecule has 4 heteroatoms. The van der Waals surface area contributed by atoms with Crippen LogP contribution in [0.5, 0.6) is 5.75 Å². The van der Waals surface area contributed by atoms with Crippen LogP contribution < -0.4 is 4.74 Å². The van der Waals surface area contributed by atoms with Crippen LogP contribution in [0.15, 0.2) is 48.2 Å². The van der Waals surface area contributed by atoms with Crippen LogP contribution in [0.4, 0.5) is 8.78 Å². The molecule has 0 aromatic heterocycles. The van der Waals surface area contributed by atoms with E-state index in [4.69, 9.17) is 4.74 Å². The number of aliphatic hydroxyl groups is 1. The predicted octanol–water partition coefficient (Wildman–Crippen LogP) is 6.40. The average molecular weight is 358 g/mol. The van der Waals surface area contributed by atoms with Crippen LogP contribution in [0, 0.1) is 0 Å². The third-order valence-corrected chi connectivity index (χ3v) is 4.68. The zero-order valence-corrected chi connectivity index (χ0v) is 15.0. The van der Waals surface area contributed by atoms with Gasteiger partial charge in [0.1, 0.15) is 5.75 Å². The van der Waals surface area contributed by atoms with Gasteiger partial charge >= 0.3 is 5.92 Å². The van der Waals surface area contributed by atoms with E-state index in [9.17, 15) is 13.9 Å². The molecule has 1 aliphatic rings. The zero-order chi connectivity index (χ0) is 18.6. The van der Waals surface area contributed by atoms with Gasteiger partial charge in [0, 0.05) is 6.42 Å². The highest BCUT2D eigenvalue weighted by Gasteiger charge is 2.38. The number of aliphatic hydroxyl groups excluding tert-OH is 1. The van der Waals surface area contributed by atoms with E-state index in [0.717, 1.165) is 29.4 Å². The lowest BCUT2D eigenvalue weighted by molar-refractivity contribution is 0.000390. The molecule has 0 atom stereocenters. The van der Waals surface area contributed by atoms with Crippen molar-refractivity contribution in [3.8, 4) is 16.9 Å². The average Bonchev–Trinajstić information content (AvgIpc) is 2.62. The minimum absolute atomic E-state index is 0.475. The molecule has 0 saturated carbocycles. The highest BCUT2D eigenvalue weighted by Crippen LogP contribution is 2.36. The molecular weight excluding hydrogens is 334 g/mol. The van der Waals surface area contributed by atoms with Gasteiger partial charge in [-0.05, 0) is 46.9 Å². The van der Waals surface area contributed by atoms with Crippen molar-refractivity contribution in [3.63, 3.8) is 0 Å². The number of halogens is 2. The Morgan fingerprint density at radius 2 is 1.73 bits per heavy atom. The molecular formula is C22H24F2O2. The summed E-state index contributed by atoms with van der Waals surface area (Å²) in [5.41, 5.74) is 3.02. The lowest BCUT2D eigenvalue weighted by atomic mass is 9.90. The fourth-order valence-corrected chi connectivity index (χ4v) is 3.12. The number of unbranched alkanes of at least 4 members (excludes halogenated alkanes) is 3. The van der Waals surface area contributed by atoms with Gasteiger partial charge in [-0.1, -0.05) is 56.5 Å². The first-order valence-electron chi connectivity index (χ1n) is 9.15. The molecule has 26 heavy (non-hydrogen) atoms. The molecule has 0 heterocycles. The first kappa shape index (κ1) is 18.4. The number of alkyl halides is 2. The van der Waals surface area contributed by atoms with Crippen molar-refractivity contribution in [1.29, 1.82) is 0 Å². The maximum atomic E-state index is 13.7. The van der Waals surface area contributed by atoms with E-state index in [2.05, 4.69) is 6.92 Å². The summed E-state index contributed by atoms with van der Waals surface area (Å²) < 4.78 is 33.2. The second kappa shape index (κ2) is 7.90. The largest absolute Gasteiger partial charge is 0.506 e. The second-order valence-electron chi connectivity index (χ2n) is 6.76. The van der Waals surface area contributed by atoms with Crippen molar-refractivity contribution in [2.75, 3.05) is 6.61 Å². The van der Waals surface area contributed by atoms with Crippen molar-refractivity contribution in [1.82, 2.24) is 0 Å². The number of ether oxygens (including phenoxy) is 1. The van der Waals surface area contributed by atoms with Crippen LogP contribution in [0.25, 0.3) is 17.2 Å². The molecule has 3 rings (SSSR count). The smallest absolute Gasteiger partial charge is 0.307 e. The summed E-state index contributed by atoms with van der Waals surface area (Å²) >= 11 is 0. The molecule has 0 aliphatic heterocycles.